The van der Waals surface area contributed by atoms with Gasteiger partial charge in [-0.1, -0.05) is 0 Å². The van der Waals surface area contributed by atoms with Gasteiger partial charge in [0.05, 0.1) is 21.7 Å². The maximum absolute atomic E-state index is 14.4. The second-order valence-corrected chi connectivity index (χ2v) is 11.2. The third-order valence-corrected chi connectivity index (χ3v) is 7.80. The summed E-state index contributed by atoms with van der Waals surface area (Å²) in [6.07, 6.45) is -2.84. The number of anilines is 2. The van der Waals surface area contributed by atoms with Crippen molar-refractivity contribution in [3.63, 3.8) is 0 Å². The molecule has 0 aliphatic carbocycles. The number of halogens is 4. The number of alkyl halides is 3. The van der Waals surface area contributed by atoms with Crippen LogP contribution in [-0.4, -0.2) is 76.5 Å². The molecular weight excluding hydrogens is 502 g/mol. The number of aliphatic hydroxyl groups excluding tert-OH is 1. The van der Waals surface area contributed by atoms with Crippen LogP contribution in [0.25, 0.3) is 0 Å². The van der Waals surface area contributed by atoms with E-state index in [9.17, 15) is 35.9 Å². The molecule has 4 rings (SSSR count). The molecule has 0 spiro atoms. The molecule has 0 bridgehead atoms. The molecule has 196 valence electrons. The van der Waals surface area contributed by atoms with E-state index in [1.54, 1.807) is 11.0 Å². The lowest BCUT2D eigenvalue weighted by molar-refractivity contribution is -0.137. The van der Waals surface area contributed by atoms with Crippen LogP contribution in [0.1, 0.15) is 22.3 Å². The van der Waals surface area contributed by atoms with E-state index >= 15 is 0 Å². The smallest absolute Gasteiger partial charge is 0.396 e. The van der Waals surface area contributed by atoms with Crippen molar-refractivity contribution in [2.24, 2.45) is 5.92 Å². The van der Waals surface area contributed by atoms with E-state index in [1.807, 2.05) is 4.90 Å². The Balaban J connectivity index is 1.54. The summed E-state index contributed by atoms with van der Waals surface area (Å²) in [5, 5.41) is 9.49. The molecule has 7 nitrogen and oxygen atoms in total. The highest BCUT2D eigenvalue weighted by Crippen LogP contribution is 2.33. The molecule has 2 aromatic rings. The lowest BCUT2D eigenvalue weighted by Gasteiger charge is -2.37. The van der Waals surface area contributed by atoms with E-state index in [0.717, 1.165) is 24.8 Å². The maximum Gasteiger partial charge on any atom is 0.416 e. The zero-order chi connectivity index (χ0) is 26.3. The molecule has 1 unspecified atom stereocenters. The van der Waals surface area contributed by atoms with Gasteiger partial charge in [-0.05, 0) is 42.8 Å². The lowest BCUT2D eigenvalue weighted by Crippen LogP contribution is -2.49. The Kier molecular flexibility index (Phi) is 7.20. The molecule has 0 saturated carbocycles. The van der Waals surface area contributed by atoms with Gasteiger partial charge in [0.2, 0.25) is 0 Å². The van der Waals surface area contributed by atoms with Crippen LogP contribution in [-0.2, 0) is 16.0 Å². The number of benzene rings is 2. The molecule has 2 fully saturated rings. The van der Waals surface area contributed by atoms with E-state index in [0.29, 0.717) is 24.8 Å². The molecule has 2 aliphatic heterocycles. The molecule has 2 aliphatic rings. The summed E-state index contributed by atoms with van der Waals surface area (Å²) in [7, 11) is -3.57. The Morgan fingerprint density at radius 2 is 1.67 bits per heavy atom. The van der Waals surface area contributed by atoms with E-state index in [2.05, 4.69) is 0 Å². The number of piperazine rings is 1. The summed E-state index contributed by atoms with van der Waals surface area (Å²) in [4.78, 5) is 18.6. The summed E-state index contributed by atoms with van der Waals surface area (Å²) in [6.45, 7) is 1.93. The van der Waals surface area contributed by atoms with Crippen molar-refractivity contribution in [2.45, 2.75) is 17.5 Å². The van der Waals surface area contributed by atoms with Gasteiger partial charge < -0.3 is 19.8 Å². The normalized spacial score (nSPS) is 19.2. The first-order valence-electron chi connectivity index (χ1n) is 11.5. The van der Waals surface area contributed by atoms with Crippen LogP contribution in [0, 0.1) is 11.7 Å². The van der Waals surface area contributed by atoms with Crippen molar-refractivity contribution in [1.82, 2.24) is 4.90 Å². The number of sulfone groups is 1. The van der Waals surface area contributed by atoms with E-state index in [4.69, 9.17) is 0 Å². The number of carbonyl (C=O) groups excluding carboxylic acids is 1. The SMILES string of the molecule is CS(=O)(=O)c1ccc(N2CCC(CO)C2)c(C(=O)N2CCN(c3ccc(C(F)(F)F)cc3F)CC2)c1. The number of hydrogen-bond acceptors (Lipinski definition) is 6. The van der Waals surface area contributed by atoms with Gasteiger partial charge in [-0.2, -0.15) is 13.2 Å². The minimum atomic E-state index is -4.64. The minimum absolute atomic E-state index is 0.0120. The topological polar surface area (TPSA) is 81.2 Å². The van der Waals surface area contributed by atoms with Crippen molar-refractivity contribution in [3.8, 4) is 0 Å². The van der Waals surface area contributed by atoms with Crippen LogP contribution in [0.3, 0.4) is 0 Å². The van der Waals surface area contributed by atoms with E-state index < -0.39 is 27.4 Å². The summed E-state index contributed by atoms with van der Waals surface area (Å²) >= 11 is 0. The molecule has 2 heterocycles. The first kappa shape index (κ1) is 26.2. The zero-order valence-electron chi connectivity index (χ0n) is 19.6. The fourth-order valence-corrected chi connectivity index (χ4v) is 5.30. The Hall–Kier alpha value is -2.86. The van der Waals surface area contributed by atoms with Crippen LogP contribution in [0.2, 0.25) is 0 Å². The van der Waals surface area contributed by atoms with Gasteiger partial charge in [0.25, 0.3) is 5.91 Å². The van der Waals surface area contributed by atoms with Crippen molar-refractivity contribution in [2.75, 3.05) is 61.9 Å². The van der Waals surface area contributed by atoms with Crippen molar-refractivity contribution in [3.05, 3.63) is 53.3 Å². The van der Waals surface area contributed by atoms with Crippen molar-refractivity contribution in [1.29, 1.82) is 0 Å². The lowest BCUT2D eigenvalue weighted by atomic mass is 10.1. The largest absolute Gasteiger partial charge is 0.416 e. The van der Waals surface area contributed by atoms with Crippen LogP contribution in [0.15, 0.2) is 41.3 Å². The second-order valence-electron chi connectivity index (χ2n) is 9.18. The molecular formula is C24H27F4N3O4S. The number of hydrogen-bond donors (Lipinski definition) is 1. The molecule has 1 atom stereocenters. The van der Waals surface area contributed by atoms with Gasteiger partial charge in [0.1, 0.15) is 5.82 Å². The summed E-state index contributed by atoms with van der Waals surface area (Å²) in [5.41, 5.74) is -0.228. The second kappa shape index (κ2) is 9.89. The predicted molar refractivity (Wildman–Crippen MR) is 126 cm³/mol. The number of aliphatic hydroxyl groups is 1. The average Bonchev–Trinajstić information content (AvgIpc) is 3.31. The van der Waals surface area contributed by atoms with E-state index in [-0.39, 0.29) is 60.8 Å². The molecule has 2 aromatic carbocycles. The molecule has 2 saturated heterocycles. The number of carbonyl (C=O) groups is 1. The minimum Gasteiger partial charge on any atom is -0.396 e. The Labute approximate surface area is 206 Å². The fraction of sp³-hybridized carbons (Fsp3) is 0.458. The van der Waals surface area contributed by atoms with Crippen LogP contribution in [0.5, 0.6) is 0 Å². The van der Waals surface area contributed by atoms with Gasteiger partial charge in [-0.25, -0.2) is 12.8 Å². The Morgan fingerprint density at radius 3 is 2.22 bits per heavy atom. The third-order valence-electron chi connectivity index (χ3n) is 6.69. The highest BCUT2D eigenvalue weighted by molar-refractivity contribution is 7.90. The molecule has 0 radical (unpaired) electrons. The van der Waals surface area contributed by atoms with Crippen LogP contribution in [0.4, 0.5) is 28.9 Å². The number of nitrogens with zero attached hydrogens (tertiary/aromatic N) is 3. The first-order chi connectivity index (χ1) is 16.9. The summed E-state index contributed by atoms with van der Waals surface area (Å²) < 4.78 is 77.3. The predicted octanol–water partition coefficient (Wildman–Crippen LogP) is 3.03. The average molecular weight is 530 g/mol. The first-order valence-corrected chi connectivity index (χ1v) is 13.4. The molecule has 0 aromatic heterocycles. The van der Waals surface area contributed by atoms with Crippen LogP contribution < -0.4 is 9.80 Å². The quantitative estimate of drug-likeness (QED) is 0.600. The molecule has 12 heteroatoms. The third kappa shape index (κ3) is 5.44. The monoisotopic (exact) mass is 529 g/mol. The Bertz CT molecular complexity index is 1240. The van der Waals surface area contributed by atoms with Gasteiger partial charge in [-0.3, -0.25) is 4.79 Å². The standard InChI is InChI=1S/C24H27F4N3O4S/c1-36(34,35)18-3-5-21(31-7-6-16(14-31)15-32)19(13-18)23(33)30-10-8-29(9-11-30)22-4-2-17(12-20(22)25)24(26,27)28/h2-5,12-13,16,32H,6-11,14-15H2,1H3. The summed E-state index contributed by atoms with van der Waals surface area (Å²) in [5.74, 6) is -1.31. The van der Waals surface area contributed by atoms with E-state index in [1.165, 1.54) is 17.0 Å². The van der Waals surface area contributed by atoms with Gasteiger partial charge in [0.15, 0.2) is 9.84 Å². The van der Waals surface area contributed by atoms with Gasteiger partial charge in [0, 0.05) is 63.7 Å². The van der Waals surface area contributed by atoms with Crippen molar-refractivity contribution < 1.29 is 35.9 Å². The fourth-order valence-electron chi connectivity index (χ4n) is 4.65. The summed E-state index contributed by atoms with van der Waals surface area (Å²) in [6, 6.07) is 6.81. The highest BCUT2D eigenvalue weighted by atomic mass is 32.2. The van der Waals surface area contributed by atoms with Crippen LogP contribution >= 0.6 is 0 Å². The van der Waals surface area contributed by atoms with Crippen molar-refractivity contribution >= 4 is 27.1 Å². The molecule has 1 amide bonds. The Morgan fingerprint density at radius 1 is 1.00 bits per heavy atom. The number of rotatable bonds is 5. The van der Waals surface area contributed by atoms with Gasteiger partial charge in [-0.15, -0.1) is 0 Å². The van der Waals surface area contributed by atoms with Gasteiger partial charge >= 0.3 is 6.18 Å². The zero-order valence-corrected chi connectivity index (χ0v) is 20.4. The molecule has 36 heavy (non-hydrogen) atoms. The molecule has 1 N–H and O–H groups in total. The maximum atomic E-state index is 14.4. The highest BCUT2D eigenvalue weighted by Gasteiger charge is 2.33. The number of amides is 1.